The number of aliphatic hydroxyl groups excluding tert-OH is 1. The van der Waals surface area contributed by atoms with E-state index in [1.807, 2.05) is 19.1 Å². The average Bonchev–Trinajstić information content (AvgIpc) is 2.64. The zero-order valence-electron chi connectivity index (χ0n) is 8.85. The Morgan fingerprint density at radius 1 is 1.50 bits per heavy atom. The van der Waals surface area contributed by atoms with Gasteiger partial charge in [0.15, 0.2) is 0 Å². The zero-order chi connectivity index (χ0) is 11.5. The molecule has 2 heterocycles. The van der Waals surface area contributed by atoms with Crippen LogP contribution >= 0.6 is 15.9 Å². The lowest BCUT2D eigenvalue weighted by atomic mass is 10.1. The number of hydrogen-bond acceptors (Lipinski definition) is 3. The highest BCUT2D eigenvalue weighted by molar-refractivity contribution is 9.10. The Balaban J connectivity index is 2.14. The van der Waals surface area contributed by atoms with Gasteiger partial charge in [-0.2, -0.15) is 0 Å². The first kappa shape index (κ1) is 11.4. The second-order valence-electron chi connectivity index (χ2n) is 3.70. The number of rotatable bonds is 3. The van der Waals surface area contributed by atoms with Crippen molar-refractivity contribution >= 4 is 15.9 Å². The molecule has 2 rings (SSSR count). The molecule has 1 N–H and O–H groups in total. The van der Waals surface area contributed by atoms with Crippen LogP contribution in [0.25, 0.3) is 0 Å². The molecule has 2 aromatic rings. The van der Waals surface area contributed by atoms with E-state index in [-0.39, 0.29) is 0 Å². The summed E-state index contributed by atoms with van der Waals surface area (Å²) in [5.41, 5.74) is 1.94. The average molecular weight is 282 g/mol. The van der Waals surface area contributed by atoms with Crippen molar-refractivity contribution in [1.82, 2.24) is 4.98 Å². The van der Waals surface area contributed by atoms with Crippen LogP contribution in [0, 0.1) is 6.92 Å². The molecule has 0 saturated carbocycles. The van der Waals surface area contributed by atoms with E-state index >= 15 is 0 Å². The van der Waals surface area contributed by atoms with Gasteiger partial charge >= 0.3 is 0 Å². The lowest BCUT2D eigenvalue weighted by Gasteiger charge is -2.08. The Bertz CT molecular complexity index is 481. The van der Waals surface area contributed by atoms with E-state index < -0.39 is 6.10 Å². The van der Waals surface area contributed by atoms with E-state index in [2.05, 4.69) is 20.9 Å². The Morgan fingerprint density at radius 3 is 2.94 bits per heavy atom. The summed E-state index contributed by atoms with van der Waals surface area (Å²) in [5, 5.41) is 10.00. The number of hydrogen-bond donors (Lipinski definition) is 1. The minimum absolute atomic E-state index is 0.501. The van der Waals surface area contributed by atoms with Crippen LogP contribution in [0.4, 0.5) is 0 Å². The fourth-order valence-corrected chi connectivity index (χ4v) is 2.02. The summed E-state index contributed by atoms with van der Waals surface area (Å²) in [4.78, 5) is 4.05. The molecule has 0 aliphatic carbocycles. The van der Waals surface area contributed by atoms with Crippen molar-refractivity contribution in [3.05, 3.63) is 52.1 Å². The number of aromatic nitrogens is 1. The number of pyridine rings is 1. The smallest absolute Gasteiger partial charge is 0.135 e. The maximum absolute atomic E-state index is 10.00. The summed E-state index contributed by atoms with van der Waals surface area (Å²) in [6, 6.07) is 3.78. The van der Waals surface area contributed by atoms with Crippen LogP contribution in [0.5, 0.6) is 0 Å². The molecule has 1 unspecified atom stereocenters. The van der Waals surface area contributed by atoms with Gasteiger partial charge in [-0.3, -0.25) is 4.98 Å². The SMILES string of the molecule is Cc1ccoc1C(O)Cc1cncc(Br)c1. The molecular weight excluding hydrogens is 270 g/mol. The largest absolute Gasteiger partial charge is 0.466 e. The van der Waals surface area contributed by atoms with Gasteiger partial charge in [-0.15, -0.1) is 0 Å². The molecule has 2 aromatic heterocycles. The number of halogens is 1. The number of aliphatic hydroxyl groups is 1. The Hall–Kier alpha value is -1.13. The van der Waals surface area contributed by atoms with Gasteiger partial charge in [0, 0.05) is 23.3 Å². The molecule has 0 radical (unpaired) electrons. The van der Waals surface area contributed by atoms with Crippen LogP contribution in [-0.2, 0) is 6.42 Å². The van der Waals surface area contributed by atoms with Gasteiger partial charge in [-0.05, 0) is 46.1 Å². The van der Waals surface area contributed by atoms with Crippen molar-refractivity contribution in [3.8, 4) is 0 Å². The van der Waals surface area contributed by atoms with Gasteiger partial charge < -0.3 is 9.52 Å². The van der Waals surface area contributed by atoms with Crippen LogP contribution < -0.4 is 0 Å². The molecule has 0 aromatic carbocycles. The van der Waals surface area contributed by atoms with E-state index in [4.69, 9.17) is 4.42 Å². The van der Waals surface area contributed by atoms with Crippen molar-refractivity contribution in [2.45, 2.75) is 19.4 Å². The van der Waals surface area contributed by atoms with E-state index in [1.165, 1.54) is 0 Å². The van der Waals surface area contributed by atoms with Crippen LogP contribution in [0.2, 0.25) is 0 Å². The van der Waals surface area contributed by atoms with Gasteiger partial charge in [0.25, 0.3) is 0 Å². The number of furan rings is 1. The molecule has 1 atom stereocenters. The molecule has 0 aliphatic heterocycles. The molecular formula is C12H12BrNO2. The molecule has 0 bridgehead atoms. The predicted octanol–water partition coefficient (Wildman–Crippen LogP) is 3.02. The summed E-state index contributed by atoms with van der Waals surface area (Å²) in [5.74, 6) is 0.625. The van der Waals surface area contributed by atoms with Gasteiger partial charge in [-0.25, -0.2) is 0 Å². The second kappa shape index (κ2) is 4.80. The third-order valence-corrected chi connectivity index (χ3v) is 2.83. The normalized spacial score (nSPS) is 12.7. The van der Waals surface area contributed by atoms with Crippen molar-refractivity contribution < 1.29 is 9.52 Å². The Labute approximate surface area is 102 Å². The summed E-state index contributed by atoms with van der Waals surface area (Å²) in [6.07, 6.45) is 4.93. The fraction of sp³-hybridized carbons (Fsp3) is 0.250. The zero-order valence-corrected chi connectivity index (χ0v) is 10.4. The summed E-state index contributed by atoms with van der Waals surface area (Å²) >= 11 is 3.35. The molecule has 84 valence electrons. The summed E-state index contributed by atoms with van der Waals surface area (Å²) < 4.78 is 6.16. The van der Waals surface area contributed by atoms with E-state index in [9.17, 15) is 5.11 Å². The third kappa shape index (κ3) is 2.51. The highest BCUT2D eigenvalue weighted by Crippen LogP contribution is 2.23. The molecule has 0 saturated heterocycles. The molecule has 4 heteroatoms. The van der Waals surface area contributed by atoms with Crippen LogP contribution in [0.1, 0.15) is 23.0 Å². The number of aryl methyl sites for hydroxylation is 1. The lowest BCUT2D eigenvalue weighted by molar-refractivity contribution is 0.149. The maximum atomic E-state index is 10.00. The quantitative estimate of drug-likeness (QED) is 0.941. The Kier molecular flexibility index (Phi) is 3.41. The third-order valence-electron chi connectivity index (χ3n) is 2.39. The van der Waals surface area contributed by atoms with Crippen molar-refractivity contribution in [2.24, 2.45) is 0 Å². The fourth-order valence-electron chi connectivity index (χ4n) is 1.61. The molecule has 0 spiro atoms. The minimum atomic E-state index is -0.619. The Morgan fingerprint density at radius 2 is 2.31 bits per heavy atom. The molecule has 0 amide bonds. The van der Waals surface area contributed by atoms with E-state index in [1.54, 1.807) is 18.7 Å². The van der Waals surface area contributed by atoms with Gasteiger partial charge in [0.2, 0.25) is 0 Å². The van der Waals surface area contributed by atoms with Crippen LogP contribution in [0.3, 0.4) is 0 Å². The van der Waals surface area contributed by atoms with Crippen molar-refractivity contribution in [2.75, 3.05) is 0 Å². The summed E-state index contributed by atoms with van der Waals surface area (Å²) in [6.45, 7) is 1.92. The molecule has 3 nitrogen and oxygen atoms in total. The van der Waals surface area contributed by atoms with Gasteiger partial charge in [-0.1, -0.05) is 0 Å². The highest BCUT2D eigenvalue weighted by Gasteiger charge is 2.14. The second-order valence-corrected chi connectivity index (χ2v) is 4.61. The summed E-state index contributed by atoms with van der Waals surface area (Å²) in [7, 11) is 0. The first-order valence-electron chi connectivity index (χ1n) is 4.98. The first-order chi connectivity index (χ1) is 7.66. The van der Waals surface area contributed by atoms with E-state index in [0.29, 0.717) is 12.2 Å². The van der Waals surface area contributed by atoms with Crippen LogP contribution in [-0.4, -0.2) is 10.1 Å². The van der Waals surface area contributed by atoms with Crippen molar-refractivity contribution in [1.29, 1.82) is 0 Å². The first-order valence-corrected chi connectivity index (χ1v) is 5.77. The predicted molar refractivity (Wildman–Crippen MR) is 64.0 cm³/mol. The minimum Gasteiger partial charge on any atom is -0.466 e. The van der Waals surface area contributed by atoms with Crippen LogP contribution in [0.15, 0.2) is 39.7 Å². The highest BCUT2D eigenvalue weighted by atomic mass is 79.9. The lowest BCUT2D eigenvalue weighted by Crippen LogP contribution is -2.02. The maximum Gasteiger partial charge on any atom is 0.135 e. The number of nitrogens with zero attached hydrogens (tertiary/aromatic N) is 1. The van der Waals surface area contributed by atoms with Gasteiger partial charge in [0.1, 0.15) is 11.9 Å². The molecule has 0 fully saturated rings. The van der Waals surface area contributed by atoms with Gasteiger partial charge in [0.05, 0.1) is 6.26 Å². The standard InChI is InChI=1S/C12H12BrNO2/c1-8-2-3-16-12(8)11(15)5-9-4-10(13)7-14-6-9/h2-4,6-7,11,15H,5H2,1H3. The van der Waals surface area contributed by atoms with Crippen molar-refractivity contribution in [3.63, 3.8) is 0 Å². The monoisotopic (exact) mass is 281 g/mol. The van der Waals surface area contributed by atoms with E-state index in [0.717, 1.165) is 15.6 Å². The molecule has 16 heavy (non-hydrogen) atoms. The topological polar surface area (TPSA) is 46.3 Å². The molecule has 0 aliphatic rings.